The number of hydrogen-bond donors (Lipinski definition) is 2. The summed E-state index contributed by atoms with van der Waals surface area (Å²) in [5.41, 5.74) is 11.5. The van der Waals surface area contributed by atoms with E-state index in [1.54, 1.807) is 24.3 Å². The number of hydrogen-bond acceptors (Lipinski definition) is 3. The second kappa shape index (κ2) is 14.6. The van der Waals surface area contributed by atoms with E-state index in [2.05, 4.69) is 125 Å². The molecule has 13 aromatic rings. The van der Waals surface area contributed by atoms with Crippen LogP contribution in [0, 0.1) is 11.6 Å². The van der Waals surface area contributed by atoms with Crippen LogP contribution in [-0.2, 0) is 0 Å². The lowest BCUT2D eigenvalue weighted by atomic mass is 9.93. The van der Waals surface area contributed by atoms with Crippen molar-refractivity contribution in [3.8, 4) is 67.4 Å². The van der Waals surface area contributed by atoms with Crippen molar-refractivity contribution in [3.05, 3.63) is 212 Å². The summed E-state index contributed by atoms with van der Waals surface area (Å²) in [5, 5.41) is 12.2. The Kier molecular flexibility index (Phi) is 8.07. The first-order valence-electron chi connectivity index (χ1n) is 23.4. The largest absolute Gasteiger partial charge is 0.354 e. The van der Waals surface area contributed by atoms with Gasteiger partial charge in [0.1, 0.15) is 17.3 Å². The highest BCUT2D eigenvalue weighted by Crippen LogP contribution is 2.49. The number of nitrogens with one attached hydrogen (secondary N) is 2. The zero-order chi connectivity index (χ0) is 46.2. The van der Waals surface area contributed by atoms with Gasteiger partial charge in [0, 0.05) is 60.4 Å². The predicted molar refractivity (Wildman–Crippen MR) is 283 cm³/mol. The minimum Gasteiger partial charge on any atom is -0.354 e. The van der Waals surface area contributed by atoms with E-state index >= 15 is 8.78 Å². The monoisotopic (exact) mass is 899 g/mol. The summed E-state index contributed by atoms with van der Waals surface area (Å²) in [6.07, 6.45) is 0. The van der Waals surface area contributed by atoms with Crippen LogP contribution in [0.15, 0.2) is 200 Å². The second-order valence-electron chi connectivity index (χ2n) is 18.4. The SMILES string of the molecule is Fc1cccc(-c2c3nc(nc4[nH]c(c(-c5cccc(F)c5)c5nc(cc6[nH]c2c2cc7ccccc7cc62)-c2cc6ccccc6cc2-5)c2cc5ccccc5cc42)-c2cc4ccccc4cc2-3)c1. The van der Waals surface area contributed by atoms with E-state index in [1.165, 1.54) is 12.1 Å². The summed E-state index contributed by atoms with van der Waals surface area (Å²) in [7, 11) is 0. The maximum atomic E-state index is 15.8. The lowest BCUT2D eigenvalue weighted by Crippen LogP contribution is -1.88. The van der Waals surface area contributed by atoms with E-state index < -0.39 is 0 Å². The molecule has 0 spiro atoms. The standard InChI is InChI=1S/C63H35F2N5/c64-44-21-9-19-42(23-44)56-58-48-27-36-13-3-1-11-34(36)25-46(48)54(66-58)33-55-47-26-35-12-2-4-14-37(35)28-49(47)59(67-55)57(43-20-10-22-45(65)24-43)61-51-30-39-16-6-8-18-41(39)32-53(51)63(69-61)70-62-52-31-40-17-7-5-15-38(40)29-50(52)60(56)68-62/h1-33,66H,(H,68,69,70). The summed E-state index contributed by atoms with van der Waals surface area (Å²) >= 11 is 0. The number of rotatable bonds is 2. The molecule has 70 heavy (non-hydrogen) atoms. The summed E-state index contributed by atoms with van der Waals surface area (Å²) in [4.78, 5) is 24.5. The van der Waals surface area contributed by atoms with Gasteiger partial charge in [-0.05, 0) is 133 Å². The van der Waals surface area contributed by atoms with Crippen molar-refractivity contribution in [3.63, 3.8) is 0 Å². The zero-order valence-electron chi connectivity index (χ0n) is 37.2. The number of aromatic nitrogens is 5. The van der Waals surface area contributed by atoms with E-state index in [0.29, 0.717) is 34.0 Å². The molecule has 3 aromatic heterocycles. The number of aromatic amines is 2. The Morgan fingerprint density at radius 2 is 0.757 bits per heavy atom. The quantitative estimate of drug-likeness (QED) is 0.182. The molecule has 0 aliphatic carbocycles. The van der Waals surface area contributed by atoms with Gasteiger partial charge in [-0.2, -0.15) is 0 Å². The van der Waals surface area contributed by atoms with Gasteiger partial charge in [-0.1, -0.05) is 121 Å². The molecule has 0 amide bonds. The molecule has 0 unspecified atom stereocenters. The first-order valence-corrected chi connectivity index (χ1v) is 23.4. The molecular weight excluding hydrogens is 865 g/mol. The van der Waals surface area contributed by atoms with Gasteiger partial charge in [-0.15, -0.1) is 0 Å². The molecule has 0 atom stereocenters. The molecule has 2 N–H and O–H groups in total. The topological polar surface area (TPSA) is 70.2 Å². The van der Waals surface area contributed by atoms with Gasteiger partial charge in [0.15, 0.2) is 5.82 Å². The van der Waals surface area contributed by atoms with Crippen molar-refractivity contribution in [1.82, 2.24) is 24.9 Å². The van der Waals surface area contributed by atoms with Gasteiger partial charge < -0.3 is 9.97 Å². The molecule has 326 valence electrons. The third-order valence-electron chi connectivity index (χ3n) is 14.3. The van der Waals surface area contributed by atoms with E-state index in [0.717, 1.165) is 120 Å². The number of H-pyrrole nitrogens is 2. The molecule has 7 heteroatoms. The summed E-state index contributed by atoms with van der Waals surface area (Å²) in [5.74, 6) is -0.205. The molecule has 2 aliphatic rings. The maximum Gasteiger partial charge on any atom is 0.162 e. The zero-order valence-corrected chi connectivity index (χ0v) is 37.2. The second-order valence-corrected chi connectivity index (χ2v) is 18.4. The Morgan fingerprint density at radius 3 is 1.30 bits per heavy atom. The van der Waals surface area contributed by atoms with Crippen molar-refractivity contribution < 1.29 is 8.78 Å². The normalized spacial score (nSPS) is 12.1. The van der Waals surface area contributed by atoms with Crippen LogP contribution in [0.3, 0.4) is 0 Å². The minimum atomic E-state index is -0.355. The van der Waals surface area contributed by atoms with Gasteiger partial charge in [0.25, 0.3) is 0 Å². The number of fused-ring (bicyclic) bond motifs is 24. The van der Waals surface area contributed by atoms with Crippen LogP contribution in [0.1, 0.15) is 0 Å². The fourth-order valence-electron chi connectivity index (χ4n) is 11.1. The Morgan fingerprint density at radius 1 is 0.329 bits per heavy atom. The van der Waals surface area contributed by atoms with Gasteiger partial charge in [0.05, 0.1) is 28.1 Å². The Labute approximate surface area is 398 Å². The molecular formula is C63H35F2N5. The summed E-state index contributed by atoms with van der Waals surface area (Å²) < 4.78 is 31.5. The van der Waals surface area contributed by atoms with Crippen molar-refractivity contribution in [2.45, 2.75) is 0 Å². The Bertz CT molecular complexity index is 4350. The van der Waals surface area contributed by atoms with Crippen LogP contribution in [0.25, 0.3) is 154 Å². The third-order valence-corrected chi connectivity index (χ3v) is 14.3. The molecule has 8 bridgehead atoms. The van der Waals surface area contributed by atoms with E-state index in [4.69, 9.17) is 15.0 Å². The van der Waals surface area contributed by atoms with Crippen molar-refractivity contribution in [2.75, 3.05) is 0 Å². The molecule has 15 rings (SSSR count). The van der Waals surface area contributed by atoms with Crippen LogP contribution < -0.4 is 0 Å². The summed E-state index contributed by atoms with van der Waals surface area (Å²) in [6, 6.07) is 66.5. The van der Waals surface area contributed by atoms with E-state index in [-0.39, 0.29) is 11.6 Å². The van der Waals surface area contributed by atoms with Crippen molar-refractivity contribution >= 4 is 86.8 Å². The van der Waals surface area contributed by atoms with Crippen LogP contribution >= 0.6 is 0 Å². The van der Waals surface area contributed by atoms with Gasteiger partial charge in [-0.3, -0.25) is 0 Å². The van der Waals surface area contributed by atoms with Crippen LogP contribution in [0.4, 0.5) is 8.78 Å². The molecule has 10 aromatic carbocycles. The molecule has 0 radical (unpaired) electrons. The average Bonchev–Trinajstić information content (AvgIpc) is 4.12. The minimum absolute atomic E-state index is 0.355. The number of nitrogens with zero attached hydrogens (tertiary/aromatic N) is 3. The lowest BCUT2D eigenvalue weighted by Gasteiger charge is -2.09. The summed E-state index contributed by atoms with van der Waals surface area (Å²) in [6.45, 7) is 0. The Hall–Kier alpha value is -9.33. The molecule has 5 nitrogen and oxygen atoms in total. The first-order chi connectivity index (χ1) is 34.5. The van der Waals surface area contributed by atoms with Crippen molar-refractivity contribution in [2.24, 2.45) is 0 Å². The van der Waals surface area contributed by atoms with E-state index in [9.17, 15) is 0 Å². The highest BCUT2D eigenvalue weighted by Gasteiger charge is 2.28. The fraction of sp³-hybridized carbons (Fsp3) is 0. The smallest absolute Gasteiger partial charge is 0.162 e. The molecule has 0 saturated heterocycles. The van der Waals surface area contributed by atoms with Crippen LogP contribution in [0.5, 0.6) is 0 Å². The average molecular weight is 900 g/mol. The molecule has 0 saturated carbocycles. The first kappa shape index (κ1) is 38.7. The lowest BCUT2D eigenvalue weighted by molar-refractivity contribution is 0.628. The number of benzene rings is 10. The molecule has 5 heterocycles. The van der Waals surface area contributed by atoms with E-state index in [1.807, 2.05) is 48.5 Å². The fourth-order valence-corrected chi connectivity index (χ4v) is 11.1. The van der Waals surface area contributed by atoms with Crippen LogP contribution in [0.2, 0.25) is 0 Å². The predicted octanol–water partition coefficient (Wildman–Crippen LogP) is 16.9. The maximum absolute atomic E-state index is 15.8. The molecule has 2 aliphatic heterocycles. The van der Waals surface area contributed by atoms with Gasteiger partial charge in [-0.25, -0.2) is 23.7 Å². The van der Waals surface area contributed by atoms with Crippen molar-refractivity contribution in [1.29, 1.82) is 0 Å². The third kappa shape index (κ3) is 5.85. The van der Waals surface area contributed by atoms with Gasteiger partial charge >= 0.3 is 0 Å². The Balaban J connectivity index is 1.23. The number of halogens is 2. The molecule has 0 fully saturated rings. The highest BCUT2D eigenvalue weighted by molar-refractivity contribution is 6.20. The van der Waals surface area contributed by atoms with Crippen LogP contribution in [-0.4, -0.2) is 24.9 Å². The highest BCUT2D eigenvalue weighted by atomic mass is 19.1. The van der Waals surface area contributed by atoms with Gasteiger partial charge in [0.2, 0.25) is 0 Å².